The Hall–Kier alpha value is -1.62. The normalized spacial score (nSPS) is 18.7. The van der Waals surface area contributed by atoms with Crippen molar-refractivity contribution >= 4 is 5.91 Å². The molecule has 1 amide bonds. The molecule has 2 heterocycles. The molecule has 0 aromatic carbocycles. The first-order chi connectivity index (χ1) is 8.70. The number of methoxy groups -OCH3 is 1. The number of hydrogen-bond donors (Lipinski definition) is 0. The fraction of sp³-hybridized carbons (Fsp3) is 0.538. The second-order valence-electron chi connectivity index (χ2n) is 4.50. The SMILES string of the molecule is COc1cc(C(=O)N(C)C[C@@H]2CCOC2)ccn1. The molecule has 0 bridgehead atoms. The molecule has 5 heteroatoms. The van der Waals surface area contributed by atoms with Gasteiger partial charge < -0.3 is 14.4 Å². The van der Waals surface area contributed by atoms with E-state index in [4.69, 9.17) is 9.47 Å². The zero-order chi connectivity index (χ0) is 13.0. The quantitative estimate of drug-likeness (QED) is 0.805. The summed E-state index contributed by atoms with van der Waals surface area (Å²) >= 11 is 0. The van der Waals surface area contributed by atoms with E-state index in [-0.39, 0.29) is 5.91 Å². The summed E-state index contributed by atoms with van der Waals surface area (Å²) in [5.41, 5.74) is 0.600. The van der Waals surface area contributed by atoms with Crippen LogP contribution in [0.1, 0.15) is 16.8 Å². The van der Waals surface area contributed by atoms with Crippen LogP contribution in [0, 0.1) is 5.92 Å². The highest BCUT2D eigenvalue weighted by Gasteiger charge is 2.21. The zero-order valence-electron chi connectivity index (χ0n) is 10.8. The molecule has 1 atom stereocenters. The fourth-order valence-corrected chi connectivity index (χ4v) is 2.07. The first kappa shape index (κ1) is 12.8. The van der Waals surface area contributed by atoms with Crippen LogP contribution >= 0.6 is 0 Å². The van der Waals surface area contributed by atoms with Crippen molar-refractivity contribution < 1.29 is 14.3 Å². The third-order valence-corrected chi connectivity index (χ3v) is 3.09. The lowest BCUT2D eigenvalue weighted by Crippen LogP contribution is -2.32. The molecule has 1 aliphatic rings. The minimum atomic E-state index is -0.0115. The lowest BCUT2D eigenvalue weighted by atomic mass is 10.1. The number of rotatable bonds is 4. The summed E-state index contributed by atoms with van der Waals surface area (Å²) in [5.74, 6) is 0.892. The maximum absolute atomic E-state index is 12.2. The van der Waals surface area contributed by atoms with Crippen LogP contribution in [0.2, 0.25) is 0 Å². The molecule has 1 fully saturated rings. The number of hydrogen-bond acceptors (Lipinski definition) is 4. The van der Waals surface area contributed by atoms with E-state index in [0.717, 1.165) is 26.2 Å². The first-order valence-electron chi connectivity index (χ1n) is 6.04. The van der Waals surface area contributed by atoms with Gasteiger partial charge in [0.25, 0.3) is 5.91 Å². The van der Waals surface area contributed by atoms with Gasteiger partial charge in [-0.05, 0) is 12.5 Å². The van der Waals surface area contributed by atoms with Gasteiger partial charge in [0.1, 0.15) is 0 Å². The van der Waals surface area contributed by atoms with Crippen molar-refractivity contribution in [3.8, 4) is 5.88 Å². The molecule has 98 valence electrons. The number of nitrogens with zero attached hydrogens (tertiary/aromatic N) is 2. The summed E-state index contributed by atoms with van der Waals surface area (Å²) in [4.78, 5) is 17.9. The first-order valence-corrected chi connectivity index (χ1v) is 6.04. The maximum atomic E-state index is 12.2. The summed E-state index contributed by atoms with van der Waals surface area (Å²) in [5, 5.41) is 0. The number of aromatic nitrogens is 1. The van der Waals surface area contributed by atoms with Gasteiger partial charge in [0.2, 0.25) is 5.88 Å². The van der Waals surface area contributed by atoms with Crippen molar-refractivity contribution in [2.45, 2.75) is 6.42 Å². The highest BCUT2D eigenvalue weighted by molar-refractivity contribution is 5.94. The Morgan fingerprint density at radius 2 is 2.50 bits per heavy atom. The van der Waals surface area contributed by atoms with Gasteiger partial charge in [0.05, 0.1) is 13.7 Å². The number of carbonyl (C=O) groups is 1. The van der Waals surface area contributed by atoms with Crippen LogP contribution in [0.25, 0.3) is 0 Å². The molecule has 5 nitrogen and oxygen atoms in total. The predicted octanol–water partition coefficient (Wildman–Crippen LogP) is 1.20. The highest BCUT2D eigenvalue weighted by atomic mass is 16.5. The molecule has 1 aliphatic heterocycles. The standard InChI is InChI=1S/C13H18N2O3/c1-15(8-10-4-6-18-9-10)13(16)11-3-5-14-12(7-11)17-2/h3,5,7,10H,4,6,8-9H2,1-2H3/t10-/m0/s1. The number of ether oxygens (including phenoxy) is 2. The molecule has 1 saturated heterocycles. The summed E-state index contributed by atoms with van der Waals surface area (Å²) in [7, 11) is 3.35. The van der Waals surface area contributed by atoms with Gasteiger partial charge >= 0.3 is 0 Å². The summed E-state index contributed by atoms with van der Waals surface area (Å²) < 4.78 is 10.3. The predicted molar refractivity (Wildman–Crippen MR) is 66.7 cm³/mol. The maximum Gasteiger partial charge on any atom is 0.253 e. The molecule has 0 N–H and O–H groups in total. The largest absolute Gasteiger partial charge is 0.481 e. The molecule has 1 aromatic heterocycles. The van der Waals surface area contributed by atoms with Gasteiger partial charge in [0.15, 0.2) is 0 Å². The van der Waals surface area contributed by atoms with Gasteiger partial charge in [-0.2, -0.15) is 0 Å². The van der Waals surface area contributed by atoms with Gasteiger partial charge in [-0.1, -0.05) is 0 Å². The van der Waals surface area contributed by atoms with E-state index in [1.807, 2.05) is 7.05 Å². The van der Waals surface area contributed by atoms with Crippen LogP contribution in [0.5, 0.6) is 5.88 Å². The molecule has 0 spiro atoms. The summed E-state index contributed by atoms with van der Waals surface area (Å²) in [6.07, 6.45) is 2.61. The summed E-state index contributed by atoms with van der Waals surface area (Å²) in [6, 6.07) is 3.36. The molecule has 0 radical (unpaired) electrons. The lowest BCUT2D eigenvalue weighted by Gasteiger charge is -2.20. The Balaban J connectivity index is 2.00. The second kappa shape index (κ2) is 5.82. The third-order valence-electron chi connectivity index (χ3n) is 3.09. The van der Waals surface area contributed by atoms with Crippen LogP contribution < -0.4 is 4.74 Å². The van der Waals surface area contributed by atoms with Crippen molar-refractivity contribution in [3.05, 3.63) is 23.9 Å². The third kappa shape index (κ3) is 2.98. The van der Waals surface area contributed by atoms with Crippen molar-refractivity contribution in [1.82, 2.24) is 9.88 Å². The molecular formula is C13H18N2O3. The van der Waals surface area contributed by atoms with E-state index < -0.39 is 0 Å². The highest BCUT2D eigenvalue weighted by Crippen LogP contribution is 2.16. The molecular weight excluding hydrogens is 232 g/mol. The smallest absolute Gasteiger partial charge is 0.253 e. The zero-order valence-corrected chi connectivity index (χ0v) is 10.8. The van der Waals surface area contributed by atoms with Crippen LogP contribution in [-0.2, 0) is 4.74 Å². The van der Waals surface area contributed by atoms with Crippen LogP contribution in [0.3, 0.4) is 0 Å². The Kier molecular flexibility index (Phi) is 4.15. The number of amides is 1. The average molecular weight is 250 g/mol. The van der Waals surface area contributed by atoms with E-state index in [2.05, 4.69) is 4.98 Å². The van der Waals surface area contributed by atoms with E-state index in [9.17, 15) is 4.79 Å². The lowest BCUT2D eigenvalue weighted by molar-refractivity contribution is 0.0765. The molecule has 0 aliphatic carbocycles. The number of carbonyl (C=O) groups excluding carboxylic acids is 1. The molecule has 18 heavy (non-hydrogen) atoms. The average Bonchev–Trinajstić information content (AvgIpc) is 2.90. The molecule has 0 unspecified atom stereocenters. The fourth-order valence-electron chi connectivity index (χ4n) is 2.07. The topological polar surface area (TPSA) is 51.7 Å². The Morgan fingerprint density at radius 1 is 1.67 bits per heavy atom. The van der Waals surface area contributed by atoms with Crippen molar-refractivity contribution in [2.75, 3.05) is 33.9 Å². The Labute approximate surface area is 107 Å². The van der Waals surface area contributed by atoms with E-state index >= 15 is 0 Å². The molecule has 0 saturated carbocycles. The van der Waals surface area contributed by atoms with Crippen molar-refractivity contribution in [2.24, 2.45) is 5.92 Å². The molecule has 1 aromatic rings. The Morgan fingerprint density at radius 3 is 3.17 bits per heavy atom. The van der Waals surface area contributed by atoms with Crippen LogP contribution in [0.15, 0.2) is 18.3 Å². The van der Waals surface area contributed by atoms with Gasteiger partial charge in [0, 0.05) is 43.9 Å². The van der Waals surface area contributed by atoms with Crippen LogP contribution in [0.4, 0.5) is 0 Å². The number of pyridine rings is 1. The minimum Gasteiger partial charge on any atom is -0.481 e. The Bertz CT molecular complexity index is 416. The van der Waals surface area contributed by atoms with Gasteiger partial charge in [-0.3, -0.25) is 4.79 Å². The molecule has 2 rings (SSSR count). The van der Waals surface area contributed by atoms with Gasteiger partial charge in [-0.15, -0.1) is 0 Å². The van der Waals surface area contributed by atoms with Crippen molar-refractivity contribution in [3.63, 3.8) is 0 Å². The van der Waals surface area contributed by atoms with E-state index in [0.29, 0.717) is 17.4 Å². The minimum absolute atomic E-state index is 0.0115. The van der Waals surface area contributed by atoms with E-state index in [1.165, 1.54) is 7.11 Å². The second-order valence-corrected chi connectivity index (χ2v) is 4.50. The summed E-state index contributed by atoms with van der Waals surface area (Å²) in [6.45, 7) is 2.27. The monoisotopic (exact) mass is 250 g/mol. The van der Waals surface area contributed by atoms with Crippen molar-refractivity contribution in [1.29, 1.82) is 0 Å². The van der Waals surface area contributed by atoms with Gasteiger partial charge in [-0.25, -0.2) is 4.98 Å². The van der Waals surface area contributed by atoms with E-state index in [1.54, 1.807) is 23.2 Å². The van der Waals surface area contributed by atoms with Crippen LogP contribution in [-0.4, -0.2) is 49.7 Å².